The second-order valence-corrected chi connectivity index (χ2v) is 3.11. The maximum atomic E-state index is 13.4. The lowest BCUT2D eigenvalue weighted by Gasteiger charge is -1.99. The maximum Gasteiger partial charge on any atom is 0.308 e. The molecule has 1 heterocycles. The van der Waals surface area contributed by atoms with E-state index in [0.717, 1.165) is 12.8 Å². The predicted octanol–water partition coefficient (Wildman–Crippen LogP) is 1.45. The van der Waals surface area contributed by atoms with E-state index in [1.807, 2.05) is 6.92 Å². The van der Waals surface area contributed by atoms with E-state index in [-0.39, 0.29) is 12.0 Å². The van der Waals surface area contributed by atoms with Gasteiger partial charge in [0.15, 0.2) is 0 Å². The Morgan fingerprint density at radius 2 is 2.43 bits per heavy atom. The summed E-state index contributed by atoms with van der Waals surface area (Å²) in [5, 5.41) is 12.3. The molecule has 0 spiro atoms. The summed E-state index contributed by atoms with van der Waals surface area (Å²) < 4.78 is 14.6. The Balaban J connectivity index is 2.69. The van der Waals surface area contributed by atoms with E-state index < -0.39 is 11.9 Å². The molecule has 0 aliphatic heterocycles. The molecule has 0 aromatic carbocycles. The van der Waals surface area contributed by atoms with Gasteiger partial charge in [-0.15, -0.1) is 0 Å². The van der Waals surface area contributed by atoms with Crippen molar-refractivity contribution < 1.29 is 14.3 Å². The molecule has 78 valence electrons. The Kier molecular flexibility index (Phi) is 3.62. The van der Waals surface area contributed by atoms with Gasteiger partial charge in [-0.1, -0.05) is 13.3 Å². The van der Waals surface area contributed by atoms with Crippen molar-refractivity contribution in [3.8, 4) is 0 Å². The first-order chi connectivity index (χ1) is 6.65. The van der Waals surface area contributed by atoms with E-state index in [4.69, 9.17) is 5.11 Å². The van der Waals surface area contributed by atoms with E-state index in [2.05, 4.69) is 5.10 Å². The van der Waals surface area contributed by atoms with Gasteiger partial charge in [-0.3, -0.25) is 4.79 Å². The first-order valence-electron chi connectivity index (χ1n) is 4.57. The third-order valence-electron chi connectivity index (χ3n) is 1.91. The summed E-state index contributed by atoms with van der Waals surface area (Å²) in [6.07, 6.45) is 2.76. The highest BCUT2D eigenvalue weighted by atomic mass is 19.1. The molecule has 14 heavy (non-hydrogen) atoms. The van der Waals surface area contributed by atoms with Crippen LogP contribution in [0.5, 0.6) is 0 Å². The van der Waals surface area contributed by atoms with Crippen LogP contribution in [0, 0.1) is 5.95 Å². The van der Waals surface area contributed by atoms with Crippen molar-refractivity contribution in [2.45, 2.75) is 32.7 Å². The van der Waals surface area contributed by atoms with Crippen molar-refractivity contribution in [3.05, 3.63) is 17.7 Å². The average molecular weight is 200 g/mol. The Morgan fingerprint density at radius 1 is 1.71 bits per heavy atom. The van der Waals surface area contributed by atoms with Crippen molar-refractivity contribution in [3.63, 3.8) is 0 Å². The number of carbonyl (C=O) groups is 1. The Labute approximate surface area is 81.3 Å². The summed E-state index contributed by atoms with van der Waals surface area (Å²) in [4.78, 5) is 10.3. The number of hydrogen-bond donors (Lipinski definition) is 1. The zero-order valence-corrected chi connectivity index (χ0v) is 8.03. The van der Waals surface area contributed by atoms with Gasteiger partial charge in [0.1, 0.15) is 0 Å². The minimum atomic E-state index is -1.04. The fourth-order valence-electron chi connectivity index (χ4n) is 1.15. The van der Waals surface area contributed by atoms with Gasteiger partial charge >= 0.3 is 5.97 Å². The lowest BCUT2D eigenvalue weighted by Crippen LogP contribution is -2.06. The number of carboxylic acid groups (broad SMARTS) is 1. The largest absolute Gasteiger partial charge is 0.481 e. The highest BCUT2D eigenvalue weighted by Gasteiger charge is 2.12. The lowest BCUT2D eigenvalue weighted by molar-refractivity contribution is -0.136. The van der Waals surface area contributed by atoms with Crippen LogP contribution in [0.15, 0.2) is 6.20 Å². The molecule has 0 fully saturated rings. The number of unbranched alkanes of at least 4 members (excludes halogenated alkanes) is 1. The first-order valence-corrected chi connectivity index (χ1v) is 4.57. The van der Waals surface area contributed by atoms with Gasteiger partial charge in [-0.2, -0.15) is 9.49 Å². The number of aliphatic carboxylic acids is 1. The summed E-state index contributed by atoms with van der Waals surface area (Å²) in [5.74, 6) is -1.57. The second kappa shape index (κ2) is 4.74. The van der Waals surface area contributed by atoms with E-state index >= 15 is 0 Å². The number of rotatable bonds is 5. The fraction of sp³-hybridized carbons (Fsp3) is 0.556. The standard InChI is InChI=1S/C9H13FN2O2/c1-2-3-4-12-9(10)7(6-11-12)5-8(13)14/h6H,2-5H2,1H3,(H,13,14). The maximum absolute atomic E-state index is 13.4. The number of halogens is 1. The Hall–Kier alpha value is -1.39. The van der Waals surface area contributed by atoms with Crippen molar-refractivity contribution in [2.75, 3.05) is 0 Å². The van der Waals surface area contributed by atoms with Crippen LogP contribution in [-0.4, -0.2) is 20.9 Å². The zero-order chi connectivity index (χ0) is 10.6. The SMILES string of the molecule is CCCCn1ncc(CC(=O)O)c1F. The van der Waals surface area contributed by atoms with Crippen molar-refractivity contribution >= 4 is 5.97 Å². The van der Waals surface area contributed by atoms with E-state index in [1.54, 1.807) is 0 Å². The van der Waals surface area contributed by atoms with Crippen molar-refractivity contribution in [1.82, 2.24) is 9.78 Å². The topological polar surface area (TPSA) is 55.1 Å². The van der Waals surface area contributed by atoms with E-state index in [9.17, 15) is 9.18 Å². The lowest BCUT2D eigenvalue weighted by atomic mass is 10.2. The van der Waals surface area contributed by atoms with Crippen LogP contribution < -0.4 is 0 Å². The summed E-state index contributed by atoms with van der Waals surface area (Å²) in [6, 6.07) is 0. The van der Waals surface area contributed by atoms with Crippen LogP contribution in [0.2, 0.25) is 0 Å². The van der Waals surface area contributed by atoms with E-state index in [0.29, 0.717) is 6.54 Å². The van der Waals surface area contributed by atoms with Gasteiger partial charge in [0.05, 0.1) is 12.6 Å². The number of carboxylic acids is 1. The minimum absolute atomic E-state index is 0.147. The monoisotopic (exact) mass is 200 g/mol. The van der Waals surface area contributed by atoms with Crippen LogP contribution in [-0.2, 0) is 17.8 Å². The number of hydrogen-bond acceptors (Lipinski definition) is 2. The molecule has 0 saturated carbocycles. The van der Waals surface area contributed by atoms with Crippen LogP contribution >= 0.6 is 0 Å². The molecule has 0 saturated heterocycles. The third kappa shape index (κ3) is 2.55. The van der Waals surface area contributed by atoms with Crippen molar-refractivity contribution in [2.24, 2.45) is 0 Å². The van der Waals surface area contributed by atoms with Gasteiger partial charge in [0.25, 0.3) is 0 Å². The summed E-state index contributed by atoms with van der Waals surface area (Å²) in [6.45, 7) is 2.50. The third-order valence-corrected chi connectivity index (χ3v) is 1.91. The molecular formula is C9H13FN2O2. The molecule has 0 atom stereocenters. The van der Waals surface area contributed by atoms with E-state index in [1.165, 1.54) is 10.9 Å². The molecular weight excluding hydrogens is 187 g/mol. The second-order valence-electron chi connectivity index (χ2n) is 3.11. The molecule has 0 unspecified atom stereocenters. The number of aromatic nitrogens is 2. The quantitative estimate of drug-likeness (QED) is 0.782. The molecule has 1 N–H and O–H groups in total. The highest BCUT2D eigenvalue weighted by Crippen LogP contribution is 2.08. The smallest absolute Gasteiger partial charge is 0.308 e. The van der Waals surface area contributed by atoms with Gasteiger partial charge in [0, 0.05) is 12.1 Å². The van der Waals surface area contributed by atoms with Gasteiger partial charge in [0.2, 0.25) is 5.95 Å². The van der Waals surface area contributed by atoms with Crippen LogP contribution in [0.1, 0.15) is 25.3 Å². The molecule has 0 bridgehead atoms. The molecule has 1 aromatic rings. The van der Waals surface area contributed by atoms with Gasteiger partial charge in [-0.05, 0) is 6.42 Å². The molecule has 0 aliphatic carbocycles. The van der Waals surface area contributed by atoms with Gasteiger partial charge < -0.3 is 5.11 Å². The summed E-state index contributed by atoms with van der Waals surface area (Å²) in [5.41, 5.74) is 0.147. The van der Waals surface area contributed by atoms with Crippen molar-refractivity contribution in [1.29, 1.82) is 0 Å². The predicted molar refractivity (Wildman–Crippen MR) is 48.4 cm³/mol. The fourth-order valence-corrected chi connectivity index (χ4v) is 1.15. The Morgan fingerprint density at radius 3 is 3.00 bits per heavy atom. The molecule has 0 aliphatic rings. The Bertz CT molecular complexity index is 323. The van der Waals surface area contributed by atoms with Crippen LogP contribution in [0.25, 0.3) is 0 Å². The number of nitrogens with zero attached hydrogens (tertiary/aromatic N) is 2. The molecule has 4 nitrogen and oxygen atoms in total. The minimum Gasteiger partial charge on any atom is -0.481 e. The van der Waals surface area contributed by atoms with Gasteiger partial charge in [-0.25, -0.2) is 4.68 Å². The first kappa shape index (κ1) is 10.7. The zero-order valence-electron chi connectivity index (χ0n) is 8.03. The molecule has 0 amide bonds. The molecule has 1 rings (SSSR count). The van der Waals surface area contributed by atoms with Crippen LogP contribution in [0.3, 0.4) is 0 Å². The number of aryl methyl sites for hydroxylation is 1. The van der Waals surface area contributed by atoms with Crippen LogP contribution in [0.4, 0.5) is 4.39 Å². The summed E-state index contributed by atoms with van der Waals surface area (Å²) >= 11 is 0. The highest BCUT2D eigenvalue weighted by molar-refractivity contribution is 5.69. The molecule has 1 aromatic heterocycles. The summed E-state index contributed by atoms with van der Waals surface area (Å²) in [7, 11) is 0. The normalized spacial score (nSPS) is 10.4. The molecule has 0 radical (unpaired) electrons. The molecule has 5 heteroatoms. The average Bonchev–Trinajstić information content (AvgIpc) is 2.45.